The molecule has 0 amide bonds. The molecule has 0 N–H and O–H groups in total. The van der Waals surface area contributed by atoms with Crippen LogP contribution in [0.4, 0.5) is 0 Å². The first kappa shape index (κ1) is 47.3. The van der Waals surface area contributed by atoms with E-state index in [0.29, 0.717) is 0 Å². The molecule has 14 aromatic rings. The minimum Gasteiger partial charge on any atom is -0.309 e. The lowest BCUT2D eigenvalue weighted by molar-refractivity contribution is 0.590. The van der Waals surface area contributed by atoms with Crippen LogP contribution >= 0.6 is 0 Å². The number of fused-ring (bicyclic) bond motifs is 9. The molecule has 0 saturated heterocycles. The molecule has 14 rings (SSSR count). The maximum absolute atomic E-state index is 2.56. The van der Waals surface area contributed by atoms with Crippen LogP contribution in [0.25, 0.3) is 126 Å². The average Bonchev–Trinajstić information content (AvgIpc) is 4.29. The van der Waals surface area contributed by atoms with E-state index in [0.717, 1.165) is 17.1 Å². The summed E-state index contributed by atoms with van der Waals surface area (Å²) in [6.07, 6.45) is 0. The standard InChI is InChI=1S/C74H67N3/c1-71(2,3)50-22-30-63-59(38-50)60-39-51(72(4,5)6)23-31-64(60)75(63)54-26-28-57-58-29-27-55(76-65-32-24-52(73(7,8)9)40-61(65)62-41-53(74(10,11)12)25-33-66(62)76)43-68(58)77(67(57)42-54)56-36-47-20-18-45-34-49(44-16-14-13-15-17-44)35-46-19-21-48(37-56)70(47)69(45)46/h13-43H,1-12H3. The molecule has 3 heterocycles. The number of benzene rings is 11. The van der Waals surface area contributed by atoms with Crippen molar-refractivity contribution in [3.05, 3.63) is 210 Å². The van der Waals surface area contributed by atoms with E-state index in [9.17, 15) is 0 Å². The van der Waals surface area contributed by atoms with Crippen molar-refractivity contribution < 1.29 is 0 Å². The fraction of sp³-hybridized carbons (Fsp3) is 0.216. The largest absolute Gasteiger partial charge is 0.309 e. The van der Waals surface area contributed by atoms with Crippen molar-refractivity contribution in [1.82, 2.24) is 13.7 Å². The number of rotatable bonds is 4. The lowest BCUT2D eigenvalue weighted by Crippen LogP contribution is -2.10. The lowest BCUT2D eigenvalue weighted by Gasteiger charge is -2.19. The third-order valence-corrected chi connectivity index (χ3v) is 17.1. The van der Waals surface area contributed by atoms with Gasteiger partial charge in [0.1, 0.15) is 0 Å². The van der Waals surface area contributed by atoms with E-state index in [1.54, 1.807) is 0 Å². The SMILES string of the molecule is CC(C)(C)c1ccc2c(c1)c1cc(C(C)(C)C)ccc1n2-c1ccc2c3ccc(-n4c5ccc(C(C)(C)C)cc5c5cc(C(C)(C)C)ccc54)cc3n(-c3cc4ccc5cc(-c6ccccc6)cc6ccc(c3)c4c56)c2c1. The van der Waals surface area contributed by atoms with E-state index in [1.165, 1.54) is 131 Å². The second-order valence-corrected chi connectivity index (χ2v) is 26.4. The van der Waals surface area contributed by atoms with Crippen LogP contribution in [0, 0.1) is 0 Å². The smallest absolute Gasteiger partial charge is 0.0561 e. The Morgan fingerprint density at radius 3 is 0.896 bits per heavy atom. The zero-order valence-corrected chi connectivity index (χ0v) is 46.7. The molecule has 3 aromatic heterocycles. The third-order valence-electron chi connectivity index (χ3n) is 17.1. The van der Waals surface area contributed by atoms with E-state index in [-0.39, 0.29) is 21.7 Å². The Labute approximate surface area is 452 Å². The van der Waals surface area contributed by atoms with E-state index in [4.69, 9.17) is 0 Å². The van der Waals surface area contributed by atoms with E-state index in [1.807, 2.05) is 0 Å². The molecule has 378 valence electrons. The van der Waals surface area contributed by atoms with Gasteiger partial charge in [-0.05, 0) is 184 Å². The number of hydrogen-bond acceptors (Lipinski definition) is 0. The summed E-state index contributed by atoms with van der Waals surface area (Å²) in [7, 11) is 0. The summed E-state index contributed by atoms with van der Waals surface area (Å²) in [5.74, 6) is 0. The van der Waals surface area contributed by atoms with Crippen LogP contribution in [0.15, 0.2) is 188 Å². The van der Waals surface area contributed by atoms with Crippen LogP contribution in [-0.2, 0) is 21.7 Å². The Morgan fingerprint density at radius 2 is 0.558 bits per heavy atom. The van der Waals surface area contributed by atoms with Gasteiger partial charge in [-0.3, -0.25) is 0 Å². The van der Waals surface area contributed by atoms with Gasteiger partial charge in [-0.1, -0.05) is 174 Å². The molecule has 77 heavy (non-hydrogen) atoms. The maximum atomic E-state index is 2.56. The Hall–Kier alpha value is -8.14. The monoisotopic (exact) mass is 998 g/mol. The van der Waals surface area contributed by atoms with Gasteiger partial charge >= 0.3 is 0 Å². The van der Waals surface area contributed by atoms with Crippen LogP contribution in [0.1, 0.15) is 105 Å². The highest BCUT2D eigenvalue weighted by Gasteiger charge is 2.25. The van der Waals surface area contributed by atoms with E-state index >= 15 is 0 Å². The molecule has 3 heteroatoms. The van der Waals surface area contributed by atoms with Crippen molar-refractivity contribution in [2.75, 3.05) is 0 Å². The van der Waals surface area contributed by atoms with Crippen LogP contribution in [-0.4, -0.2) is 13.7 Å². The van der Waals surface area contributed by atoms with Gasteiger partial charge in [-0.15, -0.1) is 0 Å². The molecule has 11 aromatic carbocycles. The molecule has 0 aliphatic heterocycles. The minimum atomic E-state index is 0.0141. The molecule has 0 saturated carbocycles. The van der Waals surface area contributed by atoms with Gasteiger partial charge in [0.15, 0.2) is 0 Å². The Bertz CT molecular complexity index is 4330. The molecule has 0 radical (unpaired) electrons. The normalized spacial score (nSPS) is 13.2. The highest BCUT2D eigenvalue weighted by atomic mass is 15.0. The molecule has 3 nitrogen and oxygen atoms in total. The molecule has 0 bridgehead atoms. The molecule has 0 unspecified atom stereocenters. The van der Waals surface area contributed by atoms with E-state index in [2.05, 4.69) is 285 Å². The van der Waals surface area contributed by atoms with Crippen LogP contribution in [0.5, 0.6) is 0 Å². The van der Waals surface area contributed by atoms with Gasteiger partial charge in [0.2, 0.25) is 0 Å². The van der Waals surface area contributed by atoms with E-state index < -0.39 is 0 Å². The summed E-state index contributed by atoms with van der Waals surface area (Å²) in [5, 5.41) is 15.3. The Balaban J connectivity index is 1.05. The van der Waals surface area contributed by atoms with Gasteiger partial charge in [-0.25, -0.2) is 0 Å². The minimum absolute atomic E-state index is 0.0141. The second kappa shape index (κ2) is 16.2. The zero-order valence-electron chi connectivity index (χ0n) is 46.7. The number of nitrogens with zero attached hydrogens (tertiary/aromatic N) is 3. The highest BCUT2D eigenvalue weighted by Crippen LogP contribution is 2.45. The summed E-state index contributed by atoms with van der Waals surface area (Å²) in [6, 6.07) is 72.7. The first-order valence-corrected chi connectivity index (χ1v) is 27.7. The highest BCUT2D eigenvalue weighted by molar-refractivity contribution is 6.25. The van der Waals surface area contributed by atoms with Gasteiger partial charge in [0.25, 0.3) is 0 Å². The number of hydrogen-bond donors (Lipinski definition) is 0. The third kappa shape index (κ3) is 7.37. The maximum Gasteiger partial charge on any atom is 0.0561 e. The van der Waals surface area contributed by atoms with Gasteiger partial charge in [0, 0.05) is 49.4 Å². The molecular weight excluding hydrogens is 931 g/mol. The van der Waals surface area contributed by atoms with Crippen LogP contribution in [0.2, 0.25) is 0 Å². The van der Waals surface area contributed by atoms with Gasteiger partial charge in [0.05, 0.1) is 33.1 Å². The van der Waals surface area contributed by atoms with Crippen molar-refractivity contribution in [3.63, 3.8) is 0 Å². The predicted octanol–water partition coefficient (Wildman–Crippen LogP) is 20.7. The van der Waals surface area contributed by atoms with Crippen LogP contribution < -0.4 is 0 Å². The molecular formula is C74H67N3. The van der Waals surface area contributed by atoms with Gasteiger partial charge in [-0.2, -0.15) is 0 Å². The van der Waals surface area contributed by atoms with Crippen molar-refractivity contribution in [2.24, 2.45) is 0 Å². The molecule has 0 aliphatic rings. The quantitative estimate of drug-likeness (QED) is 0.156. The van der Waals surface area contributed by atoms with Crippen molar-refractivity contribution in [1.29, 1.82) is 0 Å². The van der Waals surface area contributed by atoms with Crippen LogP contribution in [0.3, 0.4) is 0 Å². The predicted molar refractivity (Wildman–Crippen MR) is 333 cm³/mol. The first-order valence-electron chi connectivity index (χ1n) is 27.7. The molecule has 0 fully saturated rings. The zero-order chi connectivity index (χ0) is 53.2. The average molecular weight is 998 g/mol. The Morgan fingerprint density at radius 1 is 0.234 bits per heavy atom. The molecule has 0 spiro atoms. The second-order valence-electron chi connectivity index (χ2n) is 26.4. The first-order chi connectivity index (χ1) is 36.7. The van der Waals surface area contributed by atoms with Gasteiger partial charge < -0.3 is 13.7 Å². The van der Waals surface area contributed by atoms with Crippen molar-refractivity contribution in [2.45, 2.75) is 105 Å². The molecule has 0 aliphatic carbocycles. The fourth-order valence-electron chi connectivity index (χ4n) is 12.8. The topological polar surface area (TPSA) is 14.8 Å². The summed E-state index contributed by atoms with van der Waals surface area (Å²) >= 11 is 0. The summed E-state index contributed by atoms with van der Waals surface area (Å²) in [5.41, 5.74) is 18.6. The summed E-state index contributed by atoms with van der Waals surface area (Å²) < 4.78 is 7.58. The van der Waals surface area contributed by atoms with Crippen molar-refractivity contribution in [3.8, 4) is 28.2 Å². The summed E-state index contributed by atoms with van der Waals surface area (Å²) in [4.78, 5) is 0. The fourth-order valence-corrected chi connectivity index (χ4v) is 12.8. The summed E-state index contributed by atoms with van der Waals surface area (Å²) in [6.45, 7) is 27.8. The number of aromatic nitrogens is 3. The lowest BCUT2D eigenvalue weighted by atomic mass is 9.85. The Kier molecular flexibility index (Phi) is 9.95. The molecule has 0 atom stereocenters. The van der Waals surface area contributed by atoms with Crippen molar-refractivity contribution >= 4 is 97.7 Å².